The van der Waals surface area contributed by atoms with Crippen molar-refractivity contribution in [2.45, 2.75) is 50.1 Å². The van der Waals surface area contributed by atoms with Gasteiger partial charge in [0.25, 0.3) is 0 Å². The molecule has 0 unspecified atom stereocenters. The first-order valence-electron chi connectivity index (χ1n) is 7.88. The van der Waals surface area contributed by atoms with Gasteiger partial charge in [-0.05, 0) is 25.7 Å². The molecular formula is C14H22Cl2F6N2O4. The van der Waals surface area contributed by atoms with E-state index in [1.165, 1.54) is 0 Å². The number of aliphatic carboxylic acids is 2. The van der Waals surface area contributed by atoms with Crippen molar-refractivity contribution < 1.29 is 46.1 Å². The summed E-state index contributed by atoms with van der Waals surface area (Å²) >= 11 is 0. The van der Waals surface area contributed by atoms with E-state index in [2.05, 4.69) is 10.6 Å². The first-order chi connectivity index (χ1) is 11.8. The van der Waals surface area contributed by atoms with E-state index < -0.39 is 48.2 Å². The largest absolute Gasteiger partial charge is 0.480 e. The Hall–Kier alpha value is -0.980. The molecule has 0 spiro atoms. The van der Waals surface area contributed by atoms with E-state index in [0.717, 1.165) is 0 Å². The number of piperidine rings is 2. The Morgan fingerprint density at radius 2 is 0.964 bits per heavy atom. The molecule has 2 aliphatic rings. The number of rotatable bonds is 2. The fourth-order valence-corrected chi connectivity index (χ4v) is 2.69. The number of carboxylic acids is 2. The molecule has 0 bridgehead atoms. The van der Waals surface area contributed by atoms with E-state index >= 15 is 0 Å². The van der Waals surface area contributed by atoms with E-state index in [0.29, 0.717) is 0 Å². The lowest BCUT2D eigenvalue weighted by Gasteiger charge is -2.28. The Bertz CT molecular complexity index is 447. The highest BCUT2D eigenvalue weighted by Crippen LogP contribution is 2.32. The number of carboxylic acid groups (broad SMARTS) is 2. The molecule has 0 aromatic rings. The van der Waals surface area contributed by atoms with Gasteiger partial charge in [0.15, 0.2) is 0 Å². The average Bonchev–Trinajstić information content (AvgIpc) is 2.54. The zero-order valence-corrected chi connectivity index (χ0v) is 16.0. The molecule has 4 N–H and O–H groups in total. The highest BCUT2D eigenvalue weighted by molar-refractivity contribution is 5.85. The van der Waals surface area contributed by atoms with Gasteiger partial charge in [0.2, 0.25) is 0 Å². The van der Waals surface area contributed by atoms with Crippen LogP contribution in [0, 0.1) is 11.8 Å². The quantitative estimate of drug-likeness (QED) is 0.467. The molecule has 2 saturated heterocycles. The van der Waals surface area contributed by atoms with E-state index in [4.69, 9.17) is 10.2 Å². The summed E-state index contributed by atoms with van der Waals surface area (Å²) < 4.78 is 72.5. The first-order valence-corrected chi connectivity index (χ1v) is 7.88. The summed E-state index contributed by atoms with van der Waals surface area (Å²) in [5.74, 6) is -4.97. The Labute approximate surface area is 169 Å². The Morgan fingerprint density at radius 3 is 1.11 bits per heavy atom. The van der Waals surface area contributed by atoms with Crippen molar-refractivity contribution in [3.05, 3.63) is 0 Å². The van der Waals surface area contributed by atoms with Crippen molar-refractivity contribution in [1.82, 2.24) is 10.6 Å². The lowest BCUT2D eigenvalue weighted by molar-refractivity contribution is -0.181. The van der Waals surface area contributed by atoms with Gasteiger partial charge in [-0.1, -0.05) is 0 Å². The summed E-state index contributed by atoms with van der Waals surface area (Å²) in [6.45, 7) is -0.582. The lowest BCUT2D eigenvalue weighted by atomic mass is 9.94. The van der Waals surface area contributed by atoms with Gasteiger partial charge in [0, 0.05) is 13.1 Å². The maximum atomic E-state index is 12.1. The van der Waals surface area contributed by atoms with Crippen molar-refractivity contribution >= 4 is 36.8 Å². The number of alkyl halides is 6. The zero-order valence-electron chi connectivity index (χ0n) is 14.3. The maximum Gasteiger partial charge on any atom is 0.393 e. The minimum atomic E-state index is -4.21. The van der Waals surface area contributed by atoms with E-state index in [1.807, 2.05) is 0 Å². The van der Waals surface area contributed by atoms with Crippen molar-refractivity contribution in [3.63, 3.8) is 0 Å². The van der Waals surface area contributed by atoms with Crippen LogP contribution in [0.2, 0.25) is 0 Å². The molecule has 168 valence electrons. The molecular weight excluding hydrogens is 445 g/mol. The lowest BCUT2D eigenvalue weighted by Crippen LogP contribution is -2.47. The first kappa shape index (κ1) is 29.2. The number of hydrogen-bond acceptors (Lipinski definition) is 4. The number of nitrogens with one attached hydrogen (secondary N) is 2. The molecule has 0 radical (unpaired) electrons. The number of hydrogen-bond donors (Lipinski definition) is 4. The summed E-state index contributed by atoms with van der Waals surface area (Å²) in [5, 5.41) is 21.7. The van der Waals surface area contributed by atoms with Gasteiger partial charge in [-0.3, -0.25) is 9.59 Å². The normalized spacial score (nSPS) is 27.9. The predicted octanol–water partition coefficient (Wildman–Crippen LogP) is 2.85. The molecule has 0 saturated carbocycles. The van der Waals surface area contributed by atoms with Crippen LogP contribution in [0.4, 0.5) is 26.3 Å². The minimum Gasteiger partial charge on any atom is -0.480 e. The second kappa shape index (κ2) is 11.9. The monoisotopic (exact) mass is 466 g/mol. The summed E-state index contributed by atoms with van der Waals surface area (Å²) in [4.78, 5) is 20.7. The molecule has 0 aliphatic carbocycles. The molecule has 28 heavy (non-hydrogen) atoms. The van der Waals surface area contributed by atoms with Crippen LogP contribution < -0.4 is 10.6 Å². The molecule has 4 atom stereocenters. The van der Waals surface area contributed by atoms with Crippen molar-refractivity contribution in [3.8, 4) is 0 Å². The van der Waals surface area contributed by atoms with Crippen LogP contribution >= 0.6 is 24.8 Å². The van der Waals surface area contributed by atoms with Gasteiger partial charge >= 0.3 is 24.3 Å². The topological polar surface area (TPSA) is 98.7 Å². The summed E-state index contributed by atoms with van der Waals surface area (Å²) in [6, 6.07) is -1.64. The van der Waals surface area contributed by atoms with Gasteiger partial charge in [-0.25, -0.2) is 0 Å². The number of halogens is 8. The van der Waals surface area contributed by atoms with Gasteiger partial charge in [-0.2, -0.15) is 26.3 Å². The number of carbonyl (C=O) groups is 2. The van der Waals surface area contributed by atoms with Gasteiger partial charge < -0.3 is 20.8 Å². The third-order valence-electron chi connectivity index (χ3n) is 4.35. The van der Waals surface area contributed by atoms with Crippen molar-refractivity contribution in [2.24, 2.45) is 11.8 Å². The molecule has 14 heteroatoms. The zero-order chi connectivity index (χ0) is 20.1. The third-order valence-corrected chi connectivity index (χ3v) is 4.35. The summed E-state index contributed by atoms with van der Waals surface area (Å²) in [7, 11) is 0. The van der Waals surface area contributed by atoms with Crippen LogP contribution in [0.15, 0.2) is 0 Å². The molecule has 0 amide bonds. The van der Waals surface area contributed by atoms with Gasteiger partial charge in [0.1, 0.15) is 12.1 Å². The highest BCUT2D eigenvalue weighted by atomic mass is 35.5. The smallest absolute Gasteiger partial charge is 0.393 e. The van der Waals surface area contributed by atoms with Crippen molar-refractivity contribution in [2.75, 3.05) is 13.1 Å². The Morgan fingerprint density at radius 1 is 0.679 bits per heavy atom. The van der Waals surface area contributed by atoms with Gasteiger partial charge in [-0.15, -0.1) is 24.8 Å². The summed E-state index contributed by atoms with van der Waals surface area (Å²) in [5.41, 5.74) is 0. The molecule has 0 aromatic carbocycles. The average molecular weight is 467 g/mol. The fraction of sp³-hybridized carbons (Fsp3) is 0.857. The SMILES string of the molecule is Cl.Cl.O=C(O)[C@@H]1CC[C@H](C(F)(F)F)CN1.O=C(O)[C@H]1CC[C@@H](C(F)(F)F)CN1. The predicted molar refractivity (Wildman–Crippen MR) is 90.9 cm³/mol. The molecule has 2 rings (SSSR count). The minimum absolute atomic E-state index is 0. The molecule has 2 aliphatic heterocycles. The van der Waals surface area contributed by atoms with Crippen LogP contribution in [0.1, 0.15) is 25.7 Å². The van der Waals surface area contributed by atoms with Crippen LogP contribution in [0.5, 0.6) is 0 Å². The Balaban J connectivity index is 0. The second-order valence-corrected chi connectivity index (χ2v) is 6.23. The van der Waals surface area contributed by atoms with E-state index in [1.54, 1.807) is 0 Å². The second-order valence-electron chi connectivity index (χ2n) is 6.23. The van der Waals surface area contributed by atoms with Gasteiger partial charge in [0.05, 0.1) is 11.8 Å². The third kappa shape index (κ3) is 9.48. The summed E-state index contributed by atoms with van der Waals surface area (Å²) in [6.07, 6.45) is -8.55. The maximum absolute atomic E-state index is 12.1. The van der Waals surface area contributed by atoms with Crippen LogP contribution in [-0.4, -0.2) is 59.7 Å². The van der Waals surface area contributed by atoms with Crippen molar-refractivity contribution in [1.29, 1.82) is 0 Å². The van der Waals surface area contributed by atoms with E-state index in [-0.39, 0.29) is 63.6 Å². The van der Waals surface area contributed by atoms with Crippen LogP contribution in [-0.2, 0) is 9.59 Å². The standard InChI is InChI=1S/2C7H10F3NO2.2ClH/c2*8-7(9,10)4-1-2-5(6(12)13)11-3-4;;/h2*4-5,11H,1-3H2,(H,12,13);2*1H/t2*4-,5-;;/m10../s1. The van der Waals surface area contributed by atoms with Crippen LogP contribution in [0.3, 0.4) is 0 Å². The fourth-order valence-electron chi connectivity index (χ4n) is 2.69. The van der Waals surface area contributed by atoms with E-state index in [9.17, 15) is 35.9 Å². The molecule has 2 heterocycles. The Kier molecular flexibility index (Phi) is 12.4. The molecule has 0 aromatic heterocycles. The molecule has 2 fully saturated rings. The highest BCUT2D eigenvalue weighted by Gasteiger charge is 2.43. The van der Waals surface area contributed by atoms with Crippen LogP contribution in [0.25, 0.3) is 0 Å². The molecule has 6 nitrogen and oxygen atoms in total.